The van der Waals surface area contributed by atoms with Crippen molar-refractivity contribution in [1.82, 2.24) is 10.6 Å². The van der Waals surface area contributed by atoms with Crippen molar-refractivity contribution >= 4 is 34.9 Å². The van der Waals surface area contributed by atoms with E-state index in [9.17, 15) is 9.59 Å². The molecule has 0 bridgehead atoms. The molecule has 0 fully saturated rings. The number of ketones is 1. The Balaban J connectivity index is 2.26. The van der Waals surface area contributed by atoms with Crippen molar-refractivity contribution in [3.05, 3.63) is 56.3 Å². The van der Waals surface area contributed by atoms with Gasteiger partial charge in [-0.05, 0) is 30.4 Å². The van der Waals surface area contributed by atoms with Crippen molar-refractivity contribution in [3.8, 4) is 0 Å². The van der Waals surface area contributed by atoms with Crippen LogP contribution in [0.3, 0.4) is 0 Å². The molecule has 1 heterocycles. The molecule has 1 aliphatic heterocycles. The van der Waals surface area contributed by atoms with E-state index in [-0.39, 0.29) is 17.1 Å². The average molecular weight is 393 g/mol. The predicted octanol–water partition coefficient (Wildman–Crippen LogP) is 4.34. The second-order valence-electron chi connectivity index (χ2n) is 7.65. The number of dihydropyridines is 1. The lowest BCUT2D eigenvalue weighted by Crippen LogP contribution is -2.40. The molecular weight excluding hydrogens is 371 g/mol. The van der Waals surface area contributed by atoms with Crippen LogP contribution in [-0.4, -0.2) is 18.7 Å². The van der Waals surface area contributed by atoms with Gasteiger partial charge in [0.05, 0.1) is 10.0 Å². The van der Waals surface area contributed by atoms with E-state index in [1.807, 2.05) is 13.0 Å². The fourth-order valence-corrected chi connectivity index (χ4v) is 4.34. The number of carbonyl (C=O) groups excluding carboxylic acids is 2. The topological polar surface area (TPSA) is 58.2 Å². The van der Waals surface area contributed by atoms with Crippen LogP contribution in [0.2, 0.25) is 10.0 Å². The summed E-state index contributed by atoms with van der Waals surface area (Å²) >= 11 is 12.7. The van der Waals surface area contributed by atoms with Gasteiger partial charge in [0.2, 0.25) is 5.91 Å². The number of hydrogen-bond donors (Lipinski definition) is 2. The molecule has 2 aliphatic rings. The van der Waals surface area contributed by atoms with E-state index in [1.54, 1.807) is 19.2 Å². The molecule has 1 aliphatic carbocycles. The Morgan fingerprint density at radius 3 is 2.62 bits per heavy atom. The van der Waals surface area contributed by atoms with Crippen LogP contribution in [0.15, 0.2) is 40.7 Å². The molecule has 1 aromatic rings. The Kier molecular flexibility index (Phi) is 4.93. The summed E-state index contributed by atoms with van der Waals surface area (Å²) in [6.07, 6.45) is 1.17. The van der Waals surface area contributed by atoms with Crippen LogP contribution < -0.4 is 10.6 Å². The van der Waals surface area contributed by atoms with Gasteiger partial charge in [-0.1, -0.05) is 49.2 Å². The number of benzene rings is 1. The van der Waals surface area contributed by atoms with Crippen LogP contribution in [0, 0.1) is 5.41 Å². The number of likely N-dealkylation sites (N-methyl/N-ethyl adjacent to an activating group) is 1. The summed E-state index contributed by atoms with van der Waals surface area (Å²) in [5.41, 5.74) is 3.28. The van der Waals surface area contributed by atoms with Crippen molar-refractivity contribution in [1.29, 1.82) is 0 Å². The fraction of sp³-hybridized carbons (Fsp3) is 0.400. The standard InChI is InChI=1S/C20H22Cl2N2O2/c1-10-15(19(26)23-4)16(11-6-5-7-12(21)18(11)22)17-13(24-10)8-20(2,3)9-14(17)25/h5-7,16,24H,8-9H2,1-4H3,(H,23,26). The maximum atomic E-state index is 13.1. The lowest BCUT2D eigenvalue weighted by molar-refractivity contribution is -0.118. The van der Waals surface area contributed by atoms with Crippen LogP contribution in [0.1, 0.15) is 45.1 Å². The maximum absolute atomic E-state index is 13.1. The molecule has 0 radical (unpaired) electrons. The van der Waals surface area contributed by atoms with Gasteiger partial charge in [0.1, 0.15) is 0 Å². The van der Waals surface area contributed by atoms with Crippen molar-refractivity contribution in [3.63, 3.8) is 0 Å². The largest absolute Gasteiger partial charge is 0.362 e. The number of nitrogens with one attached hydrogen (secondary N) is 2. The number of halogens is 2. The third-order valence-corrected chi connectivity index (χ3v) is 5.84. The van der Waals surface area contributed by atoms with E-state index in [0.717, 1.165) is 17.8 Å². The number of hydrogen-bond acceptors (Lipinski definition) is 3. The summed E-state index contributed by atoms with van der Waals surface area (Å²) in [5, 5.41) is 6.76. The summed E-state index contributed by atoms with van der Waals surface area (Å²) < 4.78 is 0. The van der Waals surface area contributed by atoms with E-state index in [0.29, 0.717) is 33.2 Å². The van der Waals surface area contributed by atoms with Gasteiger partial charge in [0.25, 0.3) is 0 Å². The zero-order chi connectivity index (χ0) is 19.2. The Morgan fingerprint density at radius 1 is 1.27 bits per heavy atom. The summed E-state index contributed by atoms with van der Waals surface area (Å²) in [7, 11) is 1.58. The Hall–Kier alpha value is -1.78. The third-order valence-electron chi connectivity index (χ3n) is 5.00. The number of rotatable bonds is 2. The van der Waals surface area contributed by atoms with Crippen molar-refractivity contribution < 1.29 is 9.59 Å². The second-order valence-corrected chi connectivity index (χ2v) is 8.44. The van der Waals surface area contributed by atoms with Gasteiger partial charge >= 0.3 is 0 Å². The highest BCUT2D eigenvalue weighted by Crippen LogP contribution is 2.48. The molecule has 1 atom stereocenters. The van der Waals surface area contributed by atoms with E-state index in [4.69, 9.17) is 23.2 Å². The molecule has 138 valence electrons. The fourth-order valence-electron chi connectivity index (χ4n) is 3.93. The Labute approximate surface area is 163 Å². The summed E-state index contributed by atoms with van der Waals surface area (Å²) in [5.74, 6) is -0.722. The average Bonchev–Trinajstić information content (AvgIpc) is 2.54. The van der Waals surface area contributed by atoms with Crippen LogP contribution in [0.25, 0.3) is 0 Å². The molecule has 2 N–H and O–H groups in total. The van der Waals surface area contributed by atoms with Crippen LogP contribution >= 0.6 is 23.2 Å². The molecule has 1 unspecified atom stereocenters. The number of Topliss-reactive ketones (excluding diaryl/α,β-unsaturated/α-hetero) is 1. The molecule has 4 nitrogen and oxygen atoms in total. The van der Waals surface area contributed by atoms with Gasteiger partial charge in [-0.3, -0.25) is 9.59 Å². The molecule has 0 saturated carbocycles. The zero-order valence-electron chi connectivity index (χ0n) is 15.3. The zero-order valence-corrected chi connectivity index (χ0v) is 16.8. The first-order valence-electron chi connectivity index (χ1n) is 8.56. The number of allylic oxidation sites excluding steroid dienone is 3. The van der Waals surface area contributed by atoms with Gasteiger partial charge in [-0.15, -0.1) is 0 Å². The molecular formula is C20H22Cl2N2O2. The maximum Gasteiger partial charge on any atom is 0.249 e. The molecule has 1 amide bonds. The van der Waals surface area contributed by atoms with E-state index >= 15 is 0 Å². The summed E-state index contributed by atoms with van der Waals surface area (Å²) in [6.45, 7) is 6.00. The van der Waals surface area contributed by atoms with Gasteiger partial charge in [0, 0.05) is 41.9 Å². The normalized spacial score (nSPS) is 22.1. The SMILES string of the molecule is CNC(=O)C1=C(C)NC2=C(C(=O)CC(C)(C)C2)C1c1cccc(Cl)c1Cl. The minimum Gasteiger partial charge on any atom is -0.362 e. The molecule has 0 spiro atoms. The molecule has 3 rings (SSSR count). The van der Waals surface area contributed by atoms with Gasteiger partial charge in [-0.2, -0.15) is 0 Å². The quantitative estimate of drug-likeness (QED) is 0.786. The lowest BCUT2D eigenvalue weighted by atomic mass is 9.68. The first-order valence-corrected chi connectivity index (χ1v) is 9.32. The predicted molar refractivity (Wildman–Crippen MR) is 104 cm³/mol. The van der Waals surface area contributed by atoms with Gasteiger partial charge < -0.3 is 10.6 Å². The van der Waals surface area contributed by atoms with Crippen molar-refractivity contribution in [2.45, 2.75) is 39.5 Å². The van der Waals surface area contributed by atoms with E-state index in [2.05, 4.69) is 24.5 Å². The first kappa shape index (κ1) is 19.0. The smallest absolute Gasteiger partial charge is 0.249 e. The lowest BCUT2D eigenvalue weighted by Gasteiger charge is -2.39. The minimum absolute atomic E-state index is 0.0405. The molecule has 6 heteroatoms. The van der Waals surface area contributed by atoms with Crippen LogP contribution in [-0.2, 0) is 9.59 Å². The first-order chi connectivity index (χ1) is 12.2. The molecule has 0 aromatic heterocycles. The summed E-state index contributed by atoms with van der Waals surface area (Å²) in [6, 6.07) is 5.32. The van der Waals surface area contributed by atoms with Crippen molar-refractivity contribution in [2.75, 3.05) is 7.05 Å². The molecule has 1 aromatic carbocycles. The van der Waals surface area contributed by atoms with Gasteiger partial charge in [0.15, 0.2) is 5.78 Å². The van der Waals surface area contributed by atoms with Crippen LogP contribution in [0.4, 0.5) is 0 Å². The second kappa shape index (κ2) is 6.75. The van der Waals surface area contributed by atoms with Gasteiger partial charge in [-0.25, -0.2) is 0 Å². The monoisotopic (exact) mass is 392 g/mol. The minimum atomic E-state index is -0.527. The Bertz CT molecular complexity index is 869. The van der Waals surface area contributed by atoms with Crippen molar-refractivity contribution in [2.24, 2.45) is 5.41 Å². The molecule has 0 saturated heterocycles. The summed E-state index contributed by atoms with van der Waals surface area (Å²) in [4.78, 5) is 25.7. The number of carbonyl (C=O) groups is 2. The highest BCUT2D eigenvalue weighted by Gasteiger charge is 2.43. The van der Waals surface area contributed by atoms with E-state index in [1.165, 1.54) is 0 Å². The van der Waals surface area contributed by atoms with E-state index < -0.39 is 5.92 Å². The Morgan fingerprint density at radius 2 is 1.96 bits per heavy atom. The third kappa shape index (κ3) is 3.17. The van der Waals surface area contributed by atoms with Crippen LogP contribution in [0.5, 0.6) is 0 Å². The highest BCUT2D eigenvalue weighted by molar-refractivity contribution is 6.42. The highest BCUT2D eigenvalue weighted by atomic mass is 35.5. The molecule has 26 heavy (non-hydrogen) atoms. The number of amides is 1.